The van der Waals surface area contributed by atoms with Crippen LogP contribution in [0.2, 0.25) is 0 Å². The predicted octanol–water partition coefficient (Wildman–Crippen LogP) is 4.29. The maximum Gasteiger partial charge on any atom is 0.203 e. The zero-order valence-electron chi connectivity index (χ0n) is 17.0. The first-order valence-corrected chi connectivity index (χ1v) is 10.6. The van der Waals surface area contributed by atoms with Crippen molar-refractivity contribution in [3.05, 3.63) is 40.5 Å². The van der Waals surface area contributed by atoms with E-state index in [0.29, 0.717) is 23.3 Å². The van der Waals surface area contributed by atoms with Gasteiger partial charge in [-0.3, -0.25) is 10.00 Å². The predicted molar refractivity (Wildman–Crippen MR) is 113 cm³/mol. The molecule has 0 saturated carbocycles. The van der Waals surface area contributed by atoms with Crippen molar-refractivity contribution in [1.29, 1.82) is 0 Å². The lowest BCUT2D eigenvalue weighted by Gasteiger charge is -2.34. The molecule has 0 bridgehead atoms. The SMILES string of the molecule is COc1cc(-c2[nH]ncc2CN2CCCCC2c2nccs2)cc(OC)c1OC. The standard InChI is InChI=1S/C21H26N4O3S/c1-26-17-10-14(11-18(27-2)20(17)28-3)19-15(12-23-24-19)13-25-8-5-4-6-16(25)21-22-7-9-29-21/h7,9-12,16H,4-6,8,13H2,1-3H3,(H,23,24). The van der Waals surface area contributed by atoms with Gasteiger partial charge in [-0.2, -0.15) is 5.10 Å². The van der Waals surface area contributed by atoms with Crippen LogP contribution in [-0.4, -0.2) is 48.0 Å². The van der Waals surface area contributed by atoms with Crippen LogP contribution < -0.4 is 14.2 Å². The molecule has 1 aliphatic heterocycles. The summed E-state index contributed by atoms with van der Waals surface area (Å²) in [6.45, 7) is 1.87. The van der Waals surface area contributed by atoms with Gasteiger partial charge in [0.15, 0.2) is 11.5 Å². The van der Waals surface area contributed by atoms with Gasteiger partial charge in [-0.05, 0) is 31.5 Å². The van der Waals surface area contributed by atoms with E-state index in [2.05, 4.69) is 25.5 Å². The highest BCUT2D eigenvalue weighted by molar-refractivity contribution is 7.09. The summed E-state index contributed by atoms with van der Waals surface area (Å²) in [7, 11) is 4.86. The minimum Gasteiger partial charge on any atom is -0.493 e. The summed E-state index contributed by atoms with van der Waals surface area (Å²) in [6.07, 6.45) is 7.40. The Bertz CT molecular complexity index is 916. The van der Waals surface area contributed by atoms with Crippen LogP contribution in [0.15, 0.2) is 29.9 Å². The summed E-state index contributed by atoms with van der Waals surface area (Å²) in [5, 5.41) is 10.7. The highest BCUT2D eigenvalue weighted by Gasteiger charge is 2.27. The Morgan fingerprint density at radius 3 is 2.59 bits per heavy atom. The second kappa shape index (κ2) is 8.84. The number of ether oxygens (including phenoxy) is 3. The Labute approximate surface area is 174 Å². The largest absolute Gasteiger partial charge is 0.493 e. The fraction of sp³-hybridized carbons (Fsp3) is 0.429. The van der Waals surface area contributed by atoms with E-state index in [1.165, 1.54) is 17.8 Å². The van der Waals surface area contributed by atoms with Gasteiger partial charge in [0.1, 0.15) is 5.01 Å². The number of aromatic nitrogens is 3. The van der Waals surface area contributed by atoms with Crippen molar-refractivity contribution in [3.63, 3.8) is 0 Å². The summed E-state index contributed by atoms with van der Waals surface area (Å²) >= 11 is 1.74. The van der Waals surface area contributed by atoms with E-state index >= 15 is 0 Å². The van der Waals surface area contributed by atoms with Crippen LogP contribution >= 0.6 is 11.3 Å². The molecule has 3 aromatic rings. The van der Waals surface area contributed by atoms with Gasteiger partial charge in [-0.25, -0.2) is 4.98 Å². The number of methoxy groups -OCH3 is 3. The number of aromatic amines is 1. The van der Waals surface area contributed by atoms with Gasteiger partial charge in [0.25, 0.3) is 0 Å². The highest BCUT2D eigenvalue weighted by Crippen LogP contribution is 2.42. The van der Waals surface area contributed by atoms with Gasteiger partial charge in [-0.1, -0.05) is 6.42 Å². The number of rotatable bonds is 7. The average Bonchev–Trinajstić information content (AvgIpc) is 3.45. The molecule has 1 aliphatic rings. The van der Waals surface area contributed by atoms with E-state index < -0.39 is 0 Å². The third kappa shape index (κ3) is 3.95. The molecule has 4 rings (SSSR count). The van der Waals surface area contributed by atoms with Crippen LogP contribution in [0.5, 0.6) is 17.2 Å². The number of nitrogens with zero attached hydrogens (tertiary/aromatic N) is 3. The first-order valence-electron chi connectivity index (χ1n) is 9.71. The molecule has 1 N–H and O–H groups in total. The molecule has 3 heterocycles. The Morgan fingerprint density at radius 2 is 1.93 bits per heavy atom. The van der Waals surface area contributed by atoms with Crippen LogP contribution in [0.3, 0.4) is 0 Å². The monoisotopic (exact) mass is 414 g/mol. The normalized spacial score (nSPS) is 17.3. The van der Waals surface area contributed by atoms with E-state index in [0.717, 1.165) is 36.3 Å². The summed E-state index contributed by atoms with van der Waals surface area (Å²) in [6, 6.07) is 4.27. The second-order valence-corrected chi connectivity index (χ2v) is 7.96. The van der Waals surface area contributed by atoms with E-state index in [1.807, 2.05) is 24.5 Å². The number of likely N-dealkylation sites (tertiary alicyclic amines) is 1. The molecule has 2 aromatic heterocycles. The van der Waals surface area contributed by atoms with E-state index in [9.17, 15) is 0 Å². The molecular formula is C21H26N4O3S. The zero-order valence-corrected chi connectivity index (χ0v) is 17.8. The molecular weight excluding hydrogens is 388 g/mol. The fourth-order valence-electron chi connectivity index (χ4n) is 3.98. The number of thiazole rings is 1. The summed E-state index contributed by atoms with van der Waals surface area (Å²) in [5.74, 6) is 1.83. The van der Waals surface area contributed by atoms with E-state index in [-0.39, 0.29) is 0 Å². The van der Waals surface area contributed by atoms with Gasteiger partial charge in [-0.15, -0.1) is 11.3 Å². The van der Waals surface area contributed by atoms with Gasteiger partial charge in [0.2, 0.25) is 5.75 Å². The molecule has 0 radical (unpaired) electrons. The smallest absolute Gasteiger partial charge is 0.203 e. The lowest BCUT2D eigenvalue weighted by molar-refractivity contribution is 0.140. The first-order chi connectivity index (χ1) is 14.2. The minimum absolute atomic E-state index is 0.367. The van der Waals surface area contributed by atoms with E-state index in [1.54, 1.807) is 32.7 Å². The molecule has 1 saturated heterocycles. The van der Waals surface area contributed by atoms with Crippen molar-refractivity contribution in [1.82, 2.24) is 20.1 Å². The van der Waals surface area contributed by atoms with Crippen LogP contribution in [-0.2, 0) is 6.54 Å². The Hall–Kier alpha value is -2.58. The molecule has 8 heteroatoms. The molecule has 0 aliphatic carbocycles. The fourth-order valence-corrected chi connectivity index (χ4v) is 4.79. The third-order valence-corrected chi connectivity index (χ3v) is 6.27. The quantitative estimate of drug-likeness (QED) is 0.622. The highest BCUT2D eigenvalue weighted by atomic mass is 32.1. The number of benzene rings is 1. The van der Waals surface area contributed by atoms with Crippen molar-refractivity contribution in [2.24, 2.45) is 0 Å². The van der Waals surface area contributed by atoms with Crippen LogP contribution in [0.4, 0.5) is 0 Å². The number of hydrogen-bond acceptors (Lipinski definition) is 7. The van der Waals surface area contributed by atoms with Crippen molar-refractivity contribution < 1.29 is 14.2 Å². The molecule has 154 valence electrons. The average molecular weight is 415 g/mol. The number of hydrogen-bond donors (Lipinski definition) is 1. The Kier molecular flexibility index (Phi) is 6.01. The van der Waals surface area contributed by atoms with Crippen molar-refractivity contribution in [3.8, 4) is 28.5 Å². The molecule has 0 amide bonds. The first kappa shape index (κ1) is 19.7. The zero-order chi connectivity index (χ0) is 20.2. The topological polar surface area (TPSA) is 72.5 Å². The number of piperidine rings is 1. The Morgan fingerprint density at radius 1 is 1.14 bits per heavy atom. The van der Waals surface area contributed by atoms with Crippen LogP contribution in [0, 0.1) is 0 Å². The van der Waals surface area contributed by atoms with Crippen molar-refractivity contribution >= 4 is 11.3 Å². The molecule has 1 fully saturated rings. The summed E-state index contributed by atoms with van der Waals surface area (Å²) in [5.41, 5.74) is 3.06. The summed E-state index contributed by atoms with van der Waals surface area (Å²) < 4.78 is 16.5. The maximum atomic E-state index is 5.52. The van der Waals surface area contributed by atoms with Crippen LogP contribution in [0.25, 0.3) is 11.3 Å². The van der Waals surface area contributed by atoms with Gasteiger partial charge in [0, 0.05) is 29.2 Å². The maximum absolute atomic E-state index is 5.52. The van der Waals surface area contributed by atoms with Gasteiger partial charge < -0.3 is 14.2 Å². The Balaban J connectivity index is 1.65. The lowest BCUT2D eigenvalue weighted by atomic mass is 10.0. The van der Waals surface area contributed by atoms with Crippen molar-refractivity contribution in [2.45, 2.75) is 31.8 Å². The number of H-pyrrole nitrogens is 1. The van der Waals surface area contributed by atoms with Gasteiger partial charge in [0.05, 0.1) is 39.3 Å². The summed E-state index contributed by atoms with van der Waals surface area (Å²) in [4.78, 5) is 7.08. The third-order valence-electron chi connectivity index (χ3n) is 5.39. The molecule has 1 aromatic carbocycles. The minimum atomic E-state index is 0.367. The number of nitrogens with one attached hydrogen (secondary N) is 1. The molecule has 1 atom stereocenters. The molecule has 7 nitrogen and oxygen atoms in total. The second-order valence-electron chi connectivity index (χ2n) is 7.04. The molecule has 0 spiro atoms. The lowest BCUT2D eigenvalue weighted by Crippen LogP contribution is -2.32. The van der Waals surface area contributed by atoms with Crippen LogP contribution in [0.1, 0.15) is 35.9 Å². The van der Waals surface area contributed by atoms with E-state index in [4.69, 9.17) is 14.2 Å². The molecule has 1 unspecified atom stereocenters. The molecule has 29 heavy (non-hydrogen) atoms. The van der Waals surface area contributed by atoms with Crippen molar-refractivity contribution in [2.75, 3.05) is 27.9 Å². The van der Waals surface area contributed by atoms with Gasteiger partial charge >= 0.3 is 0 Å².